The monoisotopic (exact) mass is 366 g/mol. The van der Waals surface area contributed by atoms with Gasteiger partial charge in [0, 0.05) is 12.2 Å². The maximum absolute atomic E-state index is 12.7. The van der Waals surface area contributed by atoms with E-state index < -0.39 is 36.1 Å². The average molecular weight is 366 g/mol. The van der Waals surface area contributed by atoms with Crippen molar-refractivity contribution in [1.29, 1.82) is 0 Å². The Hall–Kier alpha value is -2.87. The molecule has 0 saturated carbocycles. The van der Waals surface area contributed by atoms with Gasteiger partial charge in [-0.05, 0) is 23.8 Å². The number of carbonyl (C=O) groups excluding carboxylic acids is 1. The number of hydrogen-bond donors (Lipinski definition) is 3. The van der Waals surface area contributed by atoms with Crippen LogP contribution in [-0.2, 0) is 22.3 Å². The van der Waals surface area contributed by atoms with Crippen LogP contribution in [0.4, 0.5) is 18.9 Å². The van der Waals surface area contributed by atoms with Crippen LogP contribution in [0.5, 0.6) is 0 Å². The Morgan fingerprint density at radius 2 is 1.73 bits per heavy atom. The van der Waals surface area contributed by atoms with E-state index >= 15 is 0 Å². The number of amides is 1. The molecule has 0 spiro atoms. The summed E-state index contributed by atoms with van der Waals surface area (Å²) in [5, 5.41) is 14.3. The largest absolute Gasteiger partial charge is 0.480 e. The highest BCUT2D eigenvalue weighted by atomic mass is 19.4. The first-order valence-corrected chi connectivity index (χ1v) is 7.73. The maximum Gasteiger partial charge on any atom is 0.416 e. The van der Waals surface area contributed by atoms with E-state index in [0.717, 1.165) is 17.7 Å². The summed E-state index contributed by atoms with van der Waals surface area (Å²) < 4.78 is 38.0. The van der Waals surface area contributed by atoms with Crippen molar-refractivity contribution in [3.8, 4) is 0 Å². The van der Waals surface area contributed by atoms with Crippen LogP contribution in [0.2, 0.25) is 0 Å². The number of halogens is 3. The fraction of sp³-hybridized carbons (Fsp3) is 0.222. The number of rotatable bonds is 7. The van der Waals surface area contributed by atoms with Crippen LogP contribution in [0.3, 0.4) is 0 Å². The Kier molecular flexibility index (Phi) is 6.35. The lowest BCUT2D eigenvalue weighted by atomic mass is 10.1. The number of carboxylic acids is 1. The Morgan fingerprint density at radius 1 is 1.04 bits per heavy atom. The van der Waals surface area contributed by atoms with Gasteiger partial charge in [-0.3, -0.25) is 14.9 Å². The van der Waals surface area contributed by atoms with Gasteiger partial charge in [0.05, 0.1) is 12.0 Å². The smallest absolute Gasteiger partial charge is 0.416 e. The molecule has 1 unspecified atom stereocenters. The summed E-state index contributed by atoms with van der Waals surface area (Å²) in [7, 11) is 0. The Morgan fingerprint density at radius 3 is 2.35 bits per heavy atom. The van der Waals surface area contributed by atoms with Crippen LogP contribution >= 0.6 is 0 Å². The van der Waals surface area contributed by atoms with E-state index in [0.29, 0.717) is 0 Å². The molecule has 0 aliphatic heterocycles. The van der Waals surface area contributed by atoms with Crippen molar-refractivity contribution in [2.24, 2.45) is 0 Å². The summed E-state index contributed by atoms with van der Waals surface area (Å²) in [5.74, 6) is -1.92. The lowest BCUT2D eigenvalue weighted by Crippen LogP contribution is -2.39. The molecule has 2 aromatic rings. The molecule has 1 amide bonds. The quantitative estimate of drug-likeness (QED) is 0.703. The third kappa shape index (κ3) is 5.89. The molecule has 3 N–H and O–H groups in total. The second kappa shape index (κ2) is 8.48. The molecule has 0 aliphatic carbocycles. The van der Waals surface area contributed by atoms with Crippen LogP contribution in [0.15, 0.2) is 54.6 Å². The predicted octanol–water partition coefficient (Wildman–Crippen LogP) is 3.28. The zero-order chi connectivity index (χ0) is 19.2. The molecule has 5 nitrogen and oxygen atoms in total. The standard InChI is InChI=1S/C18H17F3N2O3/c19-18(20,21)13-7-4-8-14(9-13)23-16(24)10-15(17(25)26)22-11-12-5-2-1-3-6-12/h1-9,15,22H,10-11H2,(H,23,24)(H,25,26). The van der Waals surface area contributed by atoms with Gasteiger partial charge in [0.2, 0.25) is 5.91 Å². The molecule has 2 rings (SSSR count). The van der Waals surface area contributed by atoms with Gasteiger partial charge in [0.25, 0.3) is 0 Å². The minimum atomic E-state index is -4.53. The second-order valence-electron chi connectivity index (χ2n) is 5.59. The van der Waals surface area contributed by atoms with Crippen molar-refractivity contribution in [3.05, 3.63) is 65.7 Å². The van der Waals surface area contributed by atoms with Gasteiger partial charge >= 0.3 is 12.1 Å². The summed E-state index contributed by atoms with van der Waals surface area (Å²) in [4.78, 5) is 23.3. The second-order valence-corrected chi connectivity index (χ2v) is 5.59. The summed E-state index contributed by atoms with van der Waals surface area (Å²) in [6, 6.07) is 12.0. The molecule has 1 atom stereocenters. The van der Waals surface area contributed by atoms with E-state index in [2.05, 4.69) is 10.6 Å². The fourth-order valence-corrected chi connectivity index (χ4v) is 2.25. The molecule has 0 radical (unpaired) electrons. The summed E-state index contributed by atoms with van der Waals surface area (Å²) in [6.07, 6.45) is -4.94. The predicted molar refractivity (Wildman–Crippen MR) is 89.4 cm³/mol. The van der Waals surface area contributed by atoms with E-state index in [-0.39, 0.29) is 12.2 Å². The first kappa shape index (κ1) is 19.5. The normalized spacial score (nSPS) is 12.4. The lowest BCUT2D eigenvalue weighted by molar-refractivity contribution is -0.141. The third-order valence-electron chi connectivity index (χ3n) is 3.56. The van der Waals surface area contributed by atoms with Crippen LogP contribution in [0.25, 0.3) is 0 Å². The van der Waals surface area contributed by atoms with Crippen molar-refractivity contribution in [3.63, 3.8) is 0 Å². The van der Waals surface area contributed by atoms with Crippen molar-refractivity contribution in [2.75, 3.05) is 5.32 Å². The summed E-state index contributed by atoms with van der Waals surface area (Å²) in [6.45, 7) is 0.245. The molecule has 138 valence electrons. The number of benzene rings is 2. The van der Waals surface area contributed by atoms with Crippen LogP contribution in [0, 0.1) is 0 Å². The molecule has 8 heteroatoms. The molecule has 0 saturated heterocycles. The third-order valence-corrected chi connectivity index (χ3v) is 3.56. The molecular formula is C18H17F3N2O3. The SMILES string of the molecule is O=C(CC(NCc1ccccc1)C(=O)O)Nc1cccc(C(F)(F)F)c1. The highest BCUT2D eigenvalue weighted by Crippen LogP contribution is 2.30. The minimum Gasteiger partial charge on any atom is -0.480 e. The van der Waals surface area contributed by atoms with Crippen molar-refractivity contribution < 1.29 is 27.9 Å². The Bertz CT molecular complexity index is 764. The first-order valence-electron chi connectivity index (χ1n) is 7.73. The maximum atomic E-state index is 12.7. The van der Waals surface area contributed by atoms with Gasteiger partial charge in [-0.15, -0.1) is 0 Å². The minimum absolute atomic E-state index is 0.0444. The zero-order valence-electron chi connectivity index (χ0n) is 13.6. The van der Waals surface area contributed by atoms with Gasteiger partial charge in [-0.2, -0.15) is 13.2 Å². The Labute approximate surface area is 147 Å². The zero-order valence-corrected chi connectivity index (χ0v) is 13.6. The van der Waals surface area contributed by atoms with Crippen LogP contribution in [0.1, 0.15) is 17.5 Å². The van der Waals surface area contributed by atoms with Gasteiger partial charge < -0.3 is 10.4 Å². The van der Waals surface area contributed by atoms with E-state index in [1.54, 1.807) is 24.3 Å². The van der Waals surface area contributed by atoms with Crippen LogP contribution in [-0.4, -0.2) is 23.0 Å². The van der Waals surface area contributed by atoms with Gasteiger partial charge in [-0.25, -0.2) is 0 Å². The van der Waals surface area contributed by atoms with Crippen molar-refractivity contribution >= 4 is 17.6 Å². The number of alkyl halides is 3. The van der Waals surface area contributed by atoms with E-state index in [1.165, 1.54) is 12.1 Å². The van der Waals surface area contributed by atoms with E-state index in [9.17, 15) is 27.9 Å². The topological polar surface area (TPSA) is 78.4 Å². The first-order chi connectivity index (χ1) is 12.3. The molecule has 0 bridgehead atoms. The summed E-state index contributed by atoms with van der Waals surface area (Å²) >= 11 is 0. The van der Waals surface area contributed by atoms with Crippen molar-refractivity contribution in [2.45, 2.75) is 25.2 Å². The van der Waals surface area contributed by atoms with Crippen molar-refractivity contribution in [1.82, 2.24) is 5.32 Å². The van der Waals surface area contributed by atoms with Gasteiger partial charge in [0.15, 0.2) is 0 Å². The lowest BCUT2D eigenvalue weighted by Gasteiger charge is -2.15. The molecule has 0 fully saturated rings. The highest BCUT2D eigenvalue weighted by molar-refractivity contribution is 5.94. The Balaban J connectivity index is 1.96. The number of carboxylic acid groups (broad SMARTS) is 1. The molecular weight excluding hydrogens is 349 g/mol. The number of anilines is 1. The van der Waals surface area contributed by atoms with E-state index in [1.807, 2.05) is 6.07 Å². The number of nitrogens with one attached hydrogen (secondary N) is 2. The van der Waals surface area contributed by atoms with Crippen LogP contribution < -0.4 is 10.6 Å². The fourth-order valence-electron chi connectivity index (χ4n) is 2.25. The van der Waals surface area contributed by atoms with Gasteiger partial charge in [0.1, 0.15) is 6.04 Å². The molecule has 26 heavy (non-hydrogen) atoms. The molecule has 0 heterocycles. The average Bonchev–Trinajstić information content (AvgIpc) is 2.58. The van der Waals surface area contributed by atoms with Gasteiger partial charge in [-0.1, -0.05) is 36.4 Å². The van der Waals surface area contributed by atoms with E-state index in [4.69, 9.17) is 0 Å². The highest BCUT2D eigenvalue weighted by Gasteiger charge is 2.30. The number of aliphatic carboxylic acids is 1. The summed E-state index contributed by atoms with van der Waals surface area (Å²) in [5.41, 5.74) is -0.0960. The number of hydrogen-bond acceptors (Lipinski definition) is 3. The molecule has 0 aliphatic rings. The molecule has 0 aromatic heterocycles. The number of carbonyl (C=O) groups is 2. The molecule has 2 aromatic carbocycles.